The highest BCUT2D eigenvalue weighted by Crippen LogP contribution is 2.36. The number of nitrogens with zero attached hydrogens (tertiary/aromatic N) is 1. The molecular formula is C24H17F3N2O2. The average molecular weight is 422 g/mol. The fourth-order valence-corrected chi connectivity index (χ4v) is 3.36. The van der Waals surface area contributed by atoms with E-state index in [0.717, 1.165) is 22.6 Å². The second kappa shape index (κ2) is 7.75. The van der Waals surface area contributed by atoms with Gasteiger partial charge < -0.3 is 5.32 Å². The molecule has 1 aliphatic heterocycles. The number of imide groups is 1. The van der Waals surface area contributed by atoms with Gasteiger partial charge in [0, 0.05) is 5.69 Å². The minimum Gasteiger partial charge on any atom is -0.350 e. The van der Waals surface area contributed by atoms with Crippen molar-refractivity contribution in [3.63, 3.8) is 0 Å². The lowest BCUT2D eigenvalue weighted by atomic mass is 10.0. The van der Waals surface area contributed by atoms with Gasteiger partial charge in [0.2, 0.25) is 0 Å². The van der Waals surface area contributed by atoms with Crippen LogP contribution in [-0.2, 0) is 15.8 Å². The lowest BCUT2D eigenvalue weighted by Gasteiger charge is -2.17. The SMILES string of the molecule is Cc1ccc(NC2=C(c3ccccc3)C(=O)N(c3cccc(C(F)(F)F)c3)C2=O)cc1. The Morgan fingerprint density at radius 1 is 0.806 bits per heavy atom. The highest BCUT2D eigenvalue weighted by Gasteiger charge is 2.41. The zero-order valence-corrected chi connectivity index (χ0v) is 16.4. The van der Waals surface area contributed by atoms with E-state index in [1.165, 1.54) is 12.1 Å². The number of hydrogen-bond donors (Lipinski definition) is 1. The van der Waals surface area contributed by atoms with Crippen LogP contribution in [0.4, 0.5) is 24.5 Å². The van der Waals surface area contributed by atoms with Crippen LogP contribution in [0.15, 0.2) is 84.6 Å². The first-order chi connectivity index (χ1) is 14.8. The standard InChI is InChI=1S/C24H17F3N2O2/c1-15-10-12-18(13-11-15)28-21-20(16-6-3-2-4-7-16)22(30)29(23(21)31)19-9-5-8-17(14-19)24(25,26)27/h2-14,28H,1H3. The Morgan fingerprint density at radius 3 is 2.13 bits per heavy atom. The Morgan fingerprint density at radius 2 is 1.48 bits per heavy atom. The summed E-state index contributed by atoms with van der Waals surface area (Å²) in [6.07, 6.45) is -4.60. The topological polar surface area (TPSA) is 49.4 Å². The second-order valence-corrected chi connectivity index (χ2v) is 7.10. The third-order valence-corrected chi connectivity index (χ3v) is 4.90. The number of rotatable bonds is 4. The maximum atomic E-state index is 13.3. The van der Waals surface area contributed by atoms with Gasteiger partial charge >= 0.3 is 6.18 Å². The van der Waals surface area contributed by atoms with Crippen LogP contribution in [0.5, 0.6) is 0 Å². The smallest absolute Gasteiger partial charge is 0.350 e. The molecule has 4 nitrogen and oxygen atoms in total. The van der Waals surface area contributed by atoms with Gasteiger partial charge in [-0.15, -0.1) is 0 Å². The van der Waals surface area contributed by atoms with Crippen LogP contribution >= 0.6 is 0 Å². The van der Waals surface area contributed by atoms with Gasteiger partial charge in [0.05, 0.1) is 16.8 Å². The Labute approximate surface area is 176 Å². The molecule has 1 N–H and O–H groups in total. The molecule has 0 atom stereocenters. The van der Waals surface area contributed by atoms with Crippen LogP contribution in [0.2, 0.25) is 0 Å². The number of hydrogen-bond acceptors (Lipinski definition) is 3. The lowest BCUT2D eigenvalue weighted by Crippen LogP contribution is -2.32. The van der Waals surface area contributed by atoms with E-state index in [2.05, 4.69) is 5.32 Å². The third kappa shape index (κ3) is 3.94. The number of alkyl halides is 3. The number of anilines is 2. The predicted octanol–water partition coefficient (Wildman–Crippen LogP) is 5.41. The van der Waals surface area contributed by atoms with Crippen LogP contribution in [-0.4, -0.2) is 11.8 Å². The number of carbonyl (C=O) groups excluding carboxylic acids is 2. The van der Waals surface area contributed by atoms with Crippen LogP contribution < -0.4 is 10.2 Å². The van der Waals surface area contributed by atoms with Gasteiger partial charge in [0.15, 0.2) is 0 Å². The van der Waals surface area contributed by atoms with Crippen LogP contribution in [0, 0.1) is 6.92 Å². The van der Waals surface area contributed by atoms with Crippen molar-refractivity contribution in [3.05, 3.63) is 101 Å². The zero-order chi connectivity index (χ0) is 22.2. The first-order valence-corrected chi connectivity index (χ1v) is 9.45. The molecule has 3 aromatic carbocycles. The van der Waals surface area contributed by atoms with Crippen molar-refractivity contribution in [2.75, 3.05) is 10.2 Å². The van der Waals surface area contributed by atoms with Crippen molar-refractivity contribution in [2.45, 2.75) is 13.1 Å². The van der Waals surface area contributed by atoms with E-state index >= 15 is 0 Å². The largest absolute Gasteiger partial charge is 0.416 e. The molecule has 0 aromatic heterocycles. The highest BCUT2D eigenvalue weighted by atomic mass is 19.4. The normalized spacial score (nSPS) is 14.4. The van der Waals surface area contributed by atoms with Crippen LogP contribution in [0.1, 0.15) is 16.7 Å². The maximum Gasteiger partial charge on any atom is 0.416 e. The fraction of sp³-hybridized carbons (Fsp3) is 0.0833. The van der Waals surface area contributed by atoms with E-state index in [4.69, 9.17) is 0 Å². The molecule has 0 bridgehead atoms. The Balaban J connectivity index is 1.80. The van der Waals surface area contributed by atoms with Gasteiger partial charge in [-0.3, -0.25) is 9.59 Å². The molecule has 0 saturated heterocycles. The number of nitrogens with one attached hydrogen (secondary N) is 1. The van der Waals surface area contributed by atoms with Gasteiger partial charge in [-0.25, -0.2) is 4.90 Å². The summed E-state index contributed by atoms with van der Waals surface area (Å²) in [7, 11) is 0. The van der Waals surface area contributed by atoms with Crippen molar-refractivity contribution in [1.82, 2.24) is 0 Å². The lowest BCUT2D eigenvalue weighted by molar-refractivity contribution is -0.137. The van der Waals surface area contributed by atoms with Gasteiger partial charge in [-0.2, -0.15) is 13.2 Å². The van der Waals surface area contributed by atoms with Crippen LogP contribution in [0.3, 0.4) is 0 Å². The molecule has 0 spiro atoms. The maximum absolute atomic E-state index is 13.3. The Bertz CT molecular complexity index is 1180. The predicted molar refractivity (Wildman–Crippen MR) is 112 cm³/mol. The molecule has 2 amide bonds. The van der Waals surface area contributed by atoms with Gasteiger partial charge in [0.1, 0.15) is 5.70 Å². The number of halogens is 3. The van der Waals surface area contributed by atoms with E-state index in [9.17, 15) is 22.8 Å². The molecule has 0 radical (unpaired) electrons. The molecule has 31 heavy (non-hydrogen) atoms. The number of benzene rings is 3. The van der Waals surface area contributed by atoms with Crippen molar-refractivity contribution in [3.8, 4) is 0 Å². The summed E-state index contributed by atoms with van der Waals surface area (Å²) in [4.78, 5) is 27.3. The molecule has 1 aliphatic rings. The molecular weight excluding hydrogens is 405 g/mol. The van der Waals surface area contributed by atoms with Gasteiger partial charge in [-0.05, 0) is 42.8 Å². The summed E-state index contributed by atoms with van der Waals surface area (Å²) in [6.45, 7) is 1.91. The fourth-order valence-electron chi connectivity index (χ4n) is 3.36. The van der Waals surface area contributed by atoms with E-state index in [0.29, 0.717) is 11.3 Å². The molecule has 0 unspecified atom stereocenters. The third-order valence-electron chi connectivity index (χ3n) is 4.90. The molecule has 156 valence electrons. The first kappa shape index (κ1) is 20.4. The van der Waals surface area contributed by atoms with E-state index < -0.39 is 23.6 Å². The van der Waals surface area contributed by atoms with Crippen molar-refractivity contribution in [2.24, 2.45) is 0 Å². The number of amides is 2. The summed E-state index contributed by atoms with van der Waals surface area (Å²) >= 11 is 0. The quantitative estimate of drug-likeness (QED) is 0.572. The van der Waals surface area contributed by atoms with E-state index in [1.54, 1.807) is 42.5 Å². The highest BCUT2D eigenvalue weighted by molar-refractivity contribution is 6.46. The first-order valence-electron chi connectivity index (χ1n) is 9.45. The number of carbonyl (C=O) groups is 2. The molecule has 1 heterocycles. The van der Waals surface area contributed by atoms with Gasteiger partial charge in [0.25, 0.3) is 11.8 Å². The van der Waals surface area contributed by atoms with Crippen molar-refractivity contribution < 1.29 is 22.8 Å². The molecule has 3 aromatic rings. The van der Waals surface area contributed by atoms with Crippen LogP contribution in [0.25, 0.3) is 5.57 Å². The minimum absolute atomic E-state index is 0.0115. The zero-order valence-electron chi connectivity index (χ0n) is 16.4. The second-order valence-electron chi connectivity index (χ2n) is 7.10. The average Bonchev–Trinajstić information content (AvgIpc) is 2.99. The van der Waals surface area contributed by atoms with E-state index in [-0.39, 0.29) is 17.0 Å². The molecule has 0 aliphatic carbocycles. The summed E-state index contributed by atoms with van der Waals surface area (Å²) in [5.74, 6) is -1.41. The summed E-state index contributed by atoms with van der Waals surface area (Å²) in [5, 5.41) is 2.99. The number of aryl methyl sites for hydroxylation is 1. The summed E-state index contributed by atoms with van der Waals surface area (Å²) < 4.78 is 39.5. The van der Waals surface area contributed by atoms with Gasteiger partial charge in [-0.1, -0.05) is 54.1 Å². The summed E-state index contributed by atoms with van der Waals surface area (Å²) in [6, 6.07) is 19.9. The van der Waals surface area contributed by atoms with Crippen molar-refractivity contribution in [1.29, 1.82) is 0 Å². The molecule has 0 fully saturated rings. The Hall–Kier alpha value is -3.87. The molecule has 0 saturated carbocycles. The molecule has 7 heteroatoms. The Kier molecular flexibility index (Phi) is 5.10. The molecule has 4 rings (SSSR count). The minimum atomic E-state index is -4.60. The summed E-state index contributed by atoms with van der Waals surface area (Å²) in [5.41, 5.74) is 1.13. The van der Waals surface area contributed by atoms with Crippen molar-refractivity contribution >= 4 is 28.8 Å². The monoisotopic (exact) mass is 422 g/mol. The van der Waals surface area contributed by atoms with E-state index in [1.807, 2.05) is 19.1 Å².